The second-order valence-corrected chi connectivity index (χ2v) is 6.75. The van der Waals surface area contributed by atoms with Gasteiger partial charge in [0, 0.05) is 0 Å². The molecule has 11 heteroatoms. The van der Waals surface area contributed by atoms with Gasteiger partial charge in [0.05, 0.1) is 19.3 Å². The van der Waals surface area contributed by atoms with Crippen LogP contribution in [0.5, 0.6) is 0 Å². The Bertz CT molecular complexity index is 522. The van der Waals surface area contributed by atoms with E-state index in [-0.39, 0.29) is 24.9 Å². The molecule has 1 heterocycles. The smallest absolute Gasteiger partial charge is 0.433 e. The molecular formula is C9H14N3O6PS. The molecule has 0 spiro atoms. The fourth-order valence-electron chi connectivity index (χ4n) is 1.08. The van der Waals surface area contributed by atoms with Gasteiger partial charge in [-0.05, 0) is 19.9 Å². The Morgan fingerprint density at radius 1 is 1.50 bits per heavy atom. The Labute approximate surface area is 119 Å². The predicted octanol–water partition coefficient (Wildman–Crippen LogP) is 0.0845. The van der Waals surface area contributed by atoms with Crippen molar-refractivity contribution in [3.8, 4) is 0 Å². The molecule has 0 aliphatic rings. The first-order valence-electron chi connectivity index (χ1n) is 5.61. The molecule has 0 amide bonds. The average molecular weight is 323 g/mol. The molecule has 0 atom stereocenters. The van der Waals surface area contributed by atoms with Crippen LogP contribution >= 0.6 is 6.72 Å². The molecule has 1 N–H and O–H groups in total. The van der Waals surface area contributed by atoms with Gasteiger partial charge in [-0.2, -0.15) is 0 Å². The van der Waals surface area contributed by atoms with Gasteiger partial charge in [0.25, 0.3) is 0 Å². The lowest BCUT2D eigenvalue weighted by molar-refractivity contribution is -0.402. The lowest BCUT2D eigenvalue weighted by atomic mass is 10.5. The van der Waals surface area contributed by atoms with Crippen molar-refractivity contribution >= 4 is 29.9 Å². The van der Waals surface area contributed by atoms with Crippen LogP contribution < -0.4 is 9.99 Å². The molecule has 1 rings (SSSR count). The molecule has 112 valence electrons. The number of furan rings is 1. The number of nitrogens with one attached hydrogen (secondary N) is 1. The zero-order valence-corrected chi connectivity index (χ0v) is 12.6. The summed E-state index contributed by atoms with van der Waals surface area (Å²) in [6.45, 7) is 0.514. The molecule has 0 unspecified atom stereocenters. The van der Waals surface area contributed by atoms with E-state index in [4.69, 9.17) is 13.5 Å². The molecule has 0 radical (unpaired) electrons. The van der Waals surface area contributed by atoms with Crippen LogP contribution in [0.1, 0.15) is 19.6 Å². The molecule has 0 bridgehead atoms. The summed E-state index contributed by atoms with van der Waals surface area (Å²) in [5.74, 6) is -0.163. The molecule has 0 fully saturated rings. The fourth-order valence-corrected chi connectivity index (χ4v) is 3.44. The van der Waals surface area contributed by atoms with Crippen LogP contribution in [0.4, 0.5) is 5.88 Å². The minimum atomic E-state index is -3.32. The zero-order valence-electron chi connectivity index (χ0n) is 10.8. The van der Waals surface area contributed by atoms with E-state index in [1.54, 1.807) is 13.8 Å². The van der Waals surface area contributed by atoms with Gasteiger partial charge < -0.3 is 18.4 Å². The van der Waals surface area contributed by atoms with E-state index in [0.29, 0.717) is 11.1 Å². The minimum Gasteiger partial charge on any atom is -0.742 e. The number of hydrogen-bond acceptors (Lipinski definition) is 6. The SMILES string of the molecule is CCOP([O-])(OCC)=[S+][N-][NH+]=Cc1ccc([N+](=O)[O-])o1. The highest BCUT2D eigenvalue weighted by Gasteiger charge is 2.14. The largest absolute Gasteiger partial charge is 0.742 e. The van der Waals surface area contributed by atoms with Crippen molar-refractivity contribution in [2.45, 2.75) is 13.8 Å². The van der Waals surface area contributed by atoms with Gasteiger partial charge in [0.2, 0.25) is 17.3 Å². The molecule has 0 saturated carbocycles. The lowest BCUT2D eigenvalue weighted by Gasteiger charge is -2.19. The monoisotopic (exact) mass is 323 g/mol. The maximum absolute atomic E-state index is 12.0. The summed E-state index contributed by atoms with van der Waals surface area (Å²) in [4.78, 5) is 25.4. The Morgan fingerprint density at radius 2 is 2.15 bits per heavy atom. The summed E-state index contributed by atoms with van der Waals surface area (Å²) in [5, 5.41) is 12.8. The third-order valence-corrected chi connectivity index (χ3v) is 4.78. The van der Waals surface area contributed by atoms with E-state index in [9.17, 15) is 15.0 Å². The van der Waals surface area contributed by atoms with Crippen LogP contribution in [0, 0.1) is 10.1 Å². The van der Waals surface area contributed by atoms with Crippen LogP contribution in [-0.4, -0.2) is 24.4 Å². The van der Waals surface area contributed by atoms with Crippen molar-refractivity contribution in [3.63, 3.8) is 0 Å². The van der Waals surface area contributed by atoms with E-state index < -0.39 is 11.6 Å². The van der Waals surface area contributed by atoms with E-state index in [1.807, 2.05) is 0 Å². The van der Waals surface area contributed by atoms with E-state index in [1.165, 1.54) is 18.3 Å². The summed E-state index contributed by atoms with van der Waals surface area (Å²) in [6, 6.07) is 2.61. The van der Waals surface area contributed by atoms with Gasteiger partial charge in [-0.15, -0.1) is 4.83 Å². The van der Waals surface area contributed by atoms with Gasteiger partial charge >= 0.3 is 12.6 Å². The fraction of sp³-hybridized carbons (Fsp3) is 0.444. The molecular weight excluding hydrogens is 309 g/mol. The summed E-state index contributed by atoms with van der Waals surface area (Å²) >= 11 is 0.624. The molecule has 0 aromatic carbocycles. The maximum Gasteiger partial charge on any atom is 0.433 e. The number of nitro groups is 1. The topological polar surface area (TPSA) is 126 Å². The quantitative estimate of drug-likeness (QED) is 0.180. The van der Waals surface area contributed by atoms with Crippen LogP contribution in [0.25, 0.3) is 4.83 Å². The van der Waals surface area contributed by atoms with Gasteiger partial charge in [-0.1, -0.05) is 0 Å². The van der Waals surface area contributed by atoms with Crippen molar-refractivity contribution < 1.29 is 28.4 Å². The number of nitrogens with zero attached hydrogens (tertiary/aromatic N) is 2. The third kappa shape index (κ3) is 5.35. The average Bonchev–Trinajstić information content (AvgIpc) is 2.84. The number of hydrogen-bond donors (Lipinski definition) is 1. The Kier molecular flexibility index (Phi) is 6.76. The summed E-state index contributed by atoms with van der Waals surface area (Å²) < 4.78 is 14.8. The highest BCUT2D eigenvalue weighted by Crippen LogP contribution is 2.41. The summed E-state index contributed by atoms with van der Waals surface area (Å²) in [7, 11) is 0. The second-order valence-electron chi connectivity index (χ2n) is 3.16. The van der Waals surface area contributed by atoms with Crippen LogP contribution in [0.15, 0.2) is 16.5 Å². The first-order valence-corrected chi connectivity index (χ1v) is 8.53. The van der Waals surface area contributed by atoms with Crippen molar-refractivity contribution in [1.29, 1.82) is 0 Å². The Morgan fingerprint density at radius 3 is 2.65 bits per heavy atom. The van der Waals surface area contributed by atoms with Gasteiger partial charge in [0.15, 0.2) is 5.76 Å². The molecule has 20 heavy (non-hydrogen) atoms. The van der Waals surface area contributed by atoms with Crippen molar-refractivity contribution in [2.24, 2.45) is 0 Å². The standard InChI is InChI=1S/C9H14N3O6PS/c1-3-16-19(15,17-4-2)20-11-10-7-8-5-6-9(18-8)12(13)14/h5-7,10H,3-4H2,1-2H3. The zero-order chi connectivity index (χ0) is 15.0. The van der Waals surface area contributed by atoms with E-state index >= 15 is 0 Å². The highest BCUT2D eigenvalue weighted by atomic mass is 32.5. The third-order valence-electron chi connectivity index (χ3n) is 1.77. The highest BCUT2D eigenvalue weighted by molar-refractivity contribution is 8.17. The van der Waals surface area contributed by atoms with Crippen molar-refractivity contribution in [2.75, 3.05) is 13.2 Å². The Balaban J connectivity index is 2.64. The van der Waals surface area contributed by atoms with Crippen LogP contribution in [0.3, 0.4) is 0 Å². The summed E-state index contributed by atoms with van der Waals surface area (Å²) in [6.07, 6.45) is 1.28. The van der Waals surface area contributed by atoms with Crippen molar-refractivity contribution in [3.05, 3.63) is 32.8 Å². The molecule has 0 aliphatic carbocycles. The number of rotatable bonds is 8. The molecule has 0 aliphatic heterocycles. The van der Waals surface area contributed by atoms with Gasteiger partial charge in [-0.25, -0.2) is 5.10 Å². The van der Waals surface area contributed by atoms with E-state index in [2.05, 4.69) is 9.93 Å². The van der Waals surface area contributed by atoms with Crippen LogP contribution in [-0.2, 0) is 20.2 Å². The molecule has 1 aromatic heterocycles. The molecule has 9 nitrogen and oxygen atoms in total. The summed E-state index contributed by atoms with van der Waals surface area (Å²) in [5.41, 5.74) is 0. The van der Waals surface area contributed by atoms with Crippen LogP contribution in [0.2, 0.25) is 0 Å². The molecule has 1 aromatic rings. The lowest BCUT2D eigenvalue weighted by Crippen LogP contribution is -2.62. The van der Waals surface area contributed by atoms with Gasteiger partial charge in [-0.3, -0.25) is 10.1 Å². The molecule has 0 saturated heterocycles. The van der Waals surface area contributed by atoms with Gasteiger partial charge in [0.1, 0.15) is 4.92 Å². The maximum atomic E-state index is 12.0. The van der Waals surface area contributed by atoms with Crippen molar-refractivity contribution in [1.82, 2.24) is 0 Å². The Hall–Kier alpha value is -1.32. The minimum absolute atomic E-state index is 0.212. The predicted molar refractivity (Wildman–Crippen MR) is 72.4 cm³/mol. The first kappa shape index (κ1) is 16.7. The first-order chi connectivity index (χ1) is 9.50. The second kappa shape index (κ2) is 8.08. The van der Waals surface area contributed by atoms with E-state index in [0.717, 1.165) is 0 Å². The normalized spacial score (nSPS) is 11.8.